The lowest BCUT2D eigenvalue weighted by atomic mass is 9.53. The number of hydrogen-bond donors (Lipinski definition) is 3. The highest BCUT2D eigenvalue weighted by molar-refractivity contribution is 6.06. The Hall–Kier alpha value is -4.00. The monoisotopic (exact) mass is 508 g/mol. The van der Waals surface area contributed by atoms with Crippen molar-refractivity contribution in [3.8, 4) is 11.4 Å². The van der Waals surface area contributed by atoms with Gasteiger partial charge in [0.05, 0.1) is 11.0 Å². The number of aromatic amines is 1. The van der Waals surface area contributed by atoms with Crippen LogP contribution >= 0.6 is 0 Å². The molecular formula is C31H29FN4O2. The number of amides is 2. The van der Waals surface area contributed by atoms with Crippen LogP contribution in [0.15, 0.2) is 66.7 Å². The summed E-state index contributed by atoms with van der Waals surface area (Å²) in [7, 11) is 0. The van der Waals surface area contributed by atoms with Crippen LogP contribution in [0.4, 0.5) is 10.1 Å². The molecule has 38 heavy (non-hydrogen) atoms. The smallest absolute Gasteiger partial charge is 0.255 e. The number of imidazole rings is 1. The lowest BCUT2D eigenvalue weighted by Crippen LogP contribution is -2.59. The highest BCUT2D eigenvalue weighted by Crippen LogP contribution is 2.55. The molecule has 0 aliphatic heterocycles. The molecule has 4 aliphatic carbocycles. The first-order chi connectivity index (χ1) is 18.4. The number of halogens is 1. The SMILES string of the molecule is O=C(Nc1ccc(F)cc1)c1ccc2[nH]c(-c3ccc(C(=O)NC45CC6CC(CC(C6)C4)C5)cc3)nc2c1. The molecule has 3 aromatic carbocycles. The fraction of sp³-hybridized carbons (Fsp3) is 0.323. The number of fused-ring (bicyclic) bond motifs is 1. The number of carbonyl (C=O) groups is 2. The second-order valence-corrected chi connectivity index (χ2v) is 11.5. The fourth-order valence-corrected chi connectivity index (χ4v) is 7.38. The Labute approximate surface area is 220 Å². The molecule has 0 radical (unpaired) electrons. The van der Waals surface area contributed by atoms with Crippen molar-refractivity contribution < 1.29 is 14.0 Å². The standard InChI is InChI=1S/C31H29FN4O2/c32-24-6-8-25(9-7-24)33-29(37)23-5-10-26-27(14-23)35-28(34-26)21-1-3-22(4-2-21)30(38)36-31-15-18-11-19(16-31)13-20(12-18)17-31/h1-10,14,18-20H,11-13,15-17H2,(H,33,37)(H,34,35)(H,36,38). The number of carbonyl (C=O) groups excluding carboxylic acids is 2. The predicted molar refractivity (Wildman–Crippen MR) is 144 cm³/mol. The number of H-pyrrole nitrogens is 1. The molecule has 0 unspecified atom stereocenters. The number of nitrogens with one attached hydrogen (secondary N) is 3. The molecule has 4 aromatic rings. The van der Waals surface area contributed by atoms with E-state index in [9.17, 15) is 14.0 Å². The molecule has 1 heterocycles. The molecular weight excluding hydrogens is 479 g/mol. The zero-order valence-corrected chi connectivity index (χ0v) is 21.0. The maximum atomic E-state index is 13.2. The fourth-order valence-electron chi connectivity index (χ4n) is 7.38. The summed E-state index contributed by atoms with van der Waals surface area (Å²) in [5.74, 6) is 2.38. The quantitative estimate of drug-likeness (QED) is 0.295. The average Bonchev–Trinajstić information content (AvgIpc) is 3.32. The van der Waals surface area contributed by atoms with Gasteiger partial charge in [-0.3, -0.25) is 9.59 Å². The van der Waals surface area contributed by atoms with E-state index < -0.39 is 0 Å². The lowest BCUT2D eigenvalue weighted by molar-refractivity contribution is -0.0167. The zero-order valence-electron chi connectivity index (χ0n) is 21.0. The van der Waals surface area contributed by atoms with Crippen LogP contribution in [0.3, 0.4) is 0 Å². The Morgan fingerprint density at radius 3 is 2.11 bits per heavy atom. The van der Waals surface area contributed by atoms with Crippen LogP contribution in [0.5, 0.6) is 0 Å². The van der Waals surface area contributed by atoms with E-state index in [4.69, 9.17) is 0 Å². The summed E-state index contributed by atoms with van der Waals surface area (Å²) in [4.78, 5) is 33.8. The number of nitrogens with zero attached hydrogens (tertiary/aromatic N) is 1. The lowest BCUT2D eigenvalue weighted by Gasteiger charge is -2.56. The Kier molecular flexibility index (Phi) is 5.35. The van der Waals surface area contributed by atoms with Crippen LogP contribution in [0, 0.1) is 23.6 Å². The first-order valence-corrected chi connectivity index (χ1v) is 13.4. The van der Waals surface area contributed by atoms with Crippen LogP contribution in [0.2, 0.25) is 0 Å². The molecule has 6 nitrogen and oxygen atoms in total. The molecule has 0 saturated heterocycles. The number of anilines is 1. The normalized spacial score (nSPS) is 25.4. The van der Waals surface area contributed by atoms with Crippen LogP contribution in [0.1, 0.15) is 59.2 Å². The Balaban J connectivity index is 1.06. The van der Waals surface area contributed by atoms with Gasteiger partial charge in [0, 0.05) is 27.9 Å². The zero-order chi connectivity index (χ0) is 25.9. The van der Waals surface area contributed by atoms with Gasteiger partial charge in [-0.15, -0.1) is 0 Å². The van der Waals surface area contributed by atoms with E-state index in [2.05, 4.69) is 20.6 Å². The number of benzene rings is 3. The molecule has 4 aliphatic rings. The summed E-state index contributed by atoms with van der Waals surface area (Å²) in [6.45, 7) is 0. The third-order valence-corrected chi connectivity index (χ3v) is 8.68. The molecule has 7 heteroatoms. The Morgan fingerprint density at radius 2 is 1.45 bits per heavy atom. The van der Waals surface area contributed by atoms with Crippen molar-refractivity contribution in [2.45, 2.75) is 44.1 Å². The minimum Gasteiger partial charge on any atom is -0.347 e. The van der Waals surface area contributed by atoms with Crippen molar-refractivity contribution in [1.82, 2.24) is 15.3 Å². The van der Waals surface area contributed by atoms with E-state index in [1.165, 1.54) is 43.5 Å². The first-order valence-electron chi connectivity index (χ1n) is 13.4. The van der Waals surface area contributed by atoms with Crippen LogP contribution in [-0.4, -0.2) is 27.3 Å². The van der Waals surface area contributed by atoms with E-state index >= 15 is 0 Å². The molecule has 4 bridgehead atoms. The van der Waals surface area contributed by atoms with Gasteiger partial charge in [-0.05, 0) is 111 Å². The molecule has 192 valence electrons. The van der Waals surface area contributed by atoms with E-state index in [0.29, 0.717) is 28.2 Å². The minimum atomic E-state index is -0.357. The molecule has 8 rings (SSSR count). The van der Waals surface area contributed by atoms with Gasteiger partial charge in [-0.1, -0.05) is 12.1 Å². The van der Waals surface area contributed by atoms with Crippen molar-refractivity contribution in [3.05, 3.63) is 83.7 Å². The van der Waals surface area contributed by atoms with Gasteiger partial charge in [0.15, 0.2) is 0 Å². The Bertz CT molecular complexity index is 1510. The van der Waals surface area contributed by atoms with Gasteiger partial charge >= 0.3 is 0 Å². The van der Waals surface area contributed by atoms with Gasteiger partial charge in [0.2, 0.25) is 0 Å². The number of rotatable bonds is 5. The van der Waals surface area contributed by atoms with Crippen molar-refractivity contribution in [2.24, 2.45) is 17.8 Å². The summed E-state index contributed by atoms with van der Waals surface area (Å²) in [6.07, 6.45) is 7.44. The summed E-state index contributed by atoms with van der Waals surface area (Å²) in [5, 5.41) is 6.21. The van der Waals surface area contributed by atoms with E-state index in [1.54, 1.807) is 12.1 Å². The topological polar surface area (TPSA) is 86.9 Å². The van der Waals surface area contributed by atoms with E-state index in [-0.39, 0.29) is 23.2 Å². The summed E-state index contributed by atoms with van der Waals surface area (Å²) < 4.78 is 13.1. The number of hydrogen-bond acceptors (Lipinski definition) is 3. The van der Waals surface area contributed by atoms with Gasteiger partial charge in [-0.25, -0.2) is 9.37 Å². The molecule has 2 amide bonds. The van der Waals surface area contributed by atoms with Crippen LogP contribution < -0.4 is 10.6 Å². The molecule has 0 spiro atoms. The maximum Gasteiger partial charge on any atom is 0.255 e. The third-order valence-electron chi connectivity index (χ3n) is 8.68. The van der Waals surface area contributed by atoms with Crippen molar-refractivity contribution in [2.75, 3.05) is 5.32 Å². The highest BCUT2D eigenvalue weighted by atomic mass is 19.1. The summed E-state index contributed by atoms with van der Waals surface area (Å²) in [6, 6.07) is 18.5. The van der Waals surface area contributed by atoms with Crippen molar-refractivity contribution in [1.29, 1.82) is 0 Å². The molecule has 0 atom stereocenters. The summed E-state index contributed by atoms with van der Waals surface area (Å²) >= 11 is 0. The van der Waals surface area contributed by atoms with Crippen molar-refractivity contribution >= 4 is 28.5 Å². The van der Waals surface area contributed by atoms with Crippen LogP contribution in [-0.2, 0) is 0 Å². The molecule has 4 fully saturated rings. The average molecular weight is 509 g/mol. The van der Waals surface area contributed by atoms with Gasteiger partial charge in [-0.2, -0.15) is 0 Å². The van der Waals surface area contributed by atoms with E-state index in [0.717, 1.165) is 48.1 Å². The highest BCUT2D eigenvalue weighted by Gasteiger charge is 2.51. The molecule has 3 N–H and O–H groups in total. The number of aromatic nitrogens is 2. The second kappa shape index (κ2) is 8.79. The third kappa shape index (κ3) is 4.26. The minimum absolute atomic E-state index is 0.00998. The first kappa shape index (κ1) is 23.1. The second-order valence-electron chi connectivity index (χ2n) is 11.5. The predicted octanol–water partition coefficient (Wildman–Crippen LogP) is 6.32. The maximum absolute atomic E-state index is 13.2. The molecule has 1 aromatic heterocycles. The molecule has 4 saturated carbocycles. The van der Waals surface area contributed by atoms with Gasteiger partial charge < -0.3 is 15.6 Å². The van der Waals surface area contributed by atoms with Gasteiger partial charge in [0.1, 0.15) is 11.6 Å². The van der Waals surface area contributed by atoms with Gasteiger partial charge in [0.25, 0.3) is 11.8 Å². The summed E-state index contributed by atoms with van der Waals surface area (Å²) in [5.41, 5.74) is 3.97. The van der Waals surface area contributed by atoms with E-state index in [1.807, 2.05) is 30.3 Å². The Morgan fingerprint density at radius 1 is 0.816 bits per heavy atom. The van der Waals surface area contributed by atoms with Crippen LogP contribution in [0.25, 0.3) is 22.4 Å². The van der Waals surface area contributed by atoms with Crippen molar-refractivity contribution in [3.63, 3.8) is 0 Å². The largest absolute Gasteiger partial charge is 0.347 e.